The number of rotatable bonds is 9. The molecule has 0 bridgehead atoms. The third-order valence-corrected chi connectivity index (χ3v) is 13.2. The second kappa shape index (κ2) is 12.4. The van der Waals surface area contributed by atoms with Crippen LogP contribution in [-0.4, -0.2) is 20.0 Å². The van der Waals surface area contributed by atoms with Crippen molar-refractivity contribution in [2.45, 2.75) is 97.6 Å². The minimum Gasteiger partial charge on any atom is -0.283 e. The molecule has 4 heterocycles. The standard InChI is InChI=1S/C50H48N4O2/c1-7-9-25-49(3,4)29-17-23-41-39(27-29)51-45-35-15-11-13-33-32(20-22-38(43(33)35)48(56)53(41)45)31-19-21-36-44-34(31)14-12-16-37(44)47(55)54-42-24-18-30(28-40(42)52-46(36)54)50(5,6)26-10-8-2/h11-24,27-28,39,41H,7-10,25-26H2,1-6H3. The van der Waals surface area contributed by atoms with Crippen LogP contribution < -0.4 is 16.6 Å². The van der Waals surface area contributed by atoms with E-state index in [1.165, 1.54) is 30.4 Å². The van der Waals surface area contributed by atoms with Crippen LogP contribution in [0.25, 0.3) is 70.9 Å². The van der Waals surface area contributed by atoms with Gasteiger partial charge in [0.25, 0.3) is 11.1 Å². The number of allylic oxidation sites excluding steroid dienone is 2. The van der Waals surface area contributed by atoms with E-state index in [1.807, 2.05) is 22.8 Å². The molecule has 0 spiro atoms. The number of hydrogen-bond donors (Lipinski definition) is 0. The molecule has 0 fully saturated rings. The van der Waals surface area contributed by atoms with Crippen LogP contribution >= 0.6 is 0 Å². The van der Waals surface area contributed by atoms with Gasteiger partial charge in [0.2, 0.25) is 0 Å². The molecule has 0 radical (unpaired) electrons. The number of imidazole rings is 1. The summed E-state index contributed by atoms with van der Waals surface area (Å²) >= 11 is 0. The number of nitrogens with zero attached hydrogens (tertiary/aromatic N) is 4. The number of hydrogen-bond acceptors (Lipinski definition) is 4. The van der Waals surface area contributed by atoms with Crippen molar-refractivity contribution in [1.82, 2.24) is 14.0 Å². The van der Waals surface area contributed by atoms with E-state index in [1.54, 1.807) is 4.40 Å². The van der Waals surface area contributed by atoms with Gasteiger partial charge >= 0.3 is 0 Å². The maximum atomic E-state index is 14.4. The third kappa shape index (κ3) is 4.93. The molecule has 2 atom stereocenters. The van der Waals surface area contributed by atoms with Crippen molar-refractivity contribution in [3.63, 3.8) is 0 Å². The van der Waals surface area contributed by atoms with Crippen LogP contribution in [0.15, 0.2) is 117 Å². The van der Waals surface area contributed by atoms with Gasteiger partial charge in [0.1, 0.15) is 11.1 Å². The SMILES string of the molecule is CCCCC(C)(C)C1=CC2N=c3c4cccc5c(-c6ccc7c8c6cccc8c(=O)n6c8ccc(C(C)(C)CCCC)cc8nc76)ccc(c(=O)n3C2C=C1)c54. The van der Waals surface area contributed by atoms with Crippen molar-refractivity contribution < 1.29 is 0 Å². The number of aromatic nitrogens is 3. The highest BCUT2D eigenvalue weighted by molar-refractivity contribution is 6.22. The summed E-state index contributed by atoms with van der Waals surface area (Å²) in [6.07, 6.45) is 13.6. The van der Waals surface area contributed by atoms with E-state index in [4.69, 9.17) is 9.98 Å². The quantitative estimate of drug-likeness (QED) is 0.148. The Balaban J connectivity index is 1.15. The summed E-state index contributed by atoms with van der Waals surface area (Å²) in [5.41, 5.74) is 7.73. The molecule has 0 saturated heterocycles. The first-order chi connectivity index (χ1) is 27.0. The molecule has 0 saturated carbocycles. The Morgan fingerprint density at radius 1 is 0.679 bits per heavy atom. The average molecular weight is 737 g/mol. The summed E-state index contributed by atoms with van der Waals surface area (Å²) in [5.74, 6) is 0. The Bertz CT molecular complexity index is 3180. The van der Waals surface area contributed by atoms with Crippen LogP contribution in [0.2, 0.25) is 0 Å². The molecule has 6 nitrogen and oxygen atoms in total. The molecule has 0 N–H and O–H groups in total. The molecule has 2 aliphatic rings. The van der Waals surface area contributed by atoms with Gasteiger partial charge in [-0.05, 0) is 87.0 Å². The molecule has 10 rings (SSSR count). The summed E-state index contributed by atoms with van der Waals surface area (Å²) in [5, 5.41) is 7.19. The molecule has 0 amide bonds. The van der Waals surface area contributed by atoms with Gasteiger partial charge in [-0.3, -0.25) is 23.5 Å². The highest BCUT2D eigenvalue weighted by Gasteiger charge is 2.34. The lowest BCUT2D eigenvalue weighted by atomic mass is 9.76. The predicted molar refractivity (Wildman–Crippen MR) is 233 cm³/mol. The number of pyridine rings is 2. The van der Waals surface area contributed by atoms with Crippen molar-refractivity contribution in [2.75, 3.05) is 0 Å². The van der Waals surface area contributed by atoms with Crippen LogP contribution in [0.1, 0.15) is 91.7 Å². The van der Waals surface area contributed by atoms with E-state index in [-0.39, 0.29) is 34.0 Å². The Morgan fingerprint density at radius 3 is 2.02 bits per heavy atom. The fourth-order valence-electron chi connectivity index (χ4n) is 9.91. The molecular weight excluding hydrogens is 689 g/mol. The van der Waals surface area contributed by atoms with Gasteiger partial charge in [-0.25, -0.2) is 4.98 Å². The van der Waals surface area contributed by atoms with Crippen molar-refractivity contribution in [3.8, 4) is 11.1 Å². The van der Waals surface area contributed by atoms with Crippen LogP contribution in [0.3, 0.4) is 0 Å². The highest BCUT2D eigenvalue weighted by Crippen LogP contribution is 2.42. The fourth-order valence-corrected chi connectivity index (χ4v) is 9.91. The fraction of sp³-hybridized carbons (Fsp3) is 0.320. The molecule has 8 aromatic rings. The zero-order chi connectivity index (χ0) is 38.7. The Labute approximate surface area is 326 Å². The van der Waals surface area contributed by atoms with Crippen LogP contribution in [0, 0.1) is 5.41 Å². The van der Waals surface area contributed by atoms with E-state index in [2.05, 4.69) is 120 Å². The van der Waals surface area contributed by atoms with Gasteiger partial charge in [-0.1, -0.05) is 134 Å². The molecule has 3 aromatic heterocycles. The van der Waals surface area contributed by atoms with Crippen LogP contribution in [0.4, 0.5) is 0 Å². The average Bonchev–Trinajstić information content (AvgIpc) is 3.79. The third-order valence-electron chi connectivity index (χ3n) is 13.2. The maximum absolute atomic E-state index is 14.4. The normalized spacial score (nSPS) is 17.1. The molecule has 6 heteroatoms. The molecular formula is C50H48N4O2. The largest absolute Gasteiger partial charge is 0.283 e. The smallest absolute Gasteiger partial charge is 0.264 e. The van der Waals surface area contributed by atoms with Gasteiger partial charge in [0.05, 0.1) is 23.1 Å². The molecule has 1 aliphatic heterocycles. The topological polar surface area (TPSA) is 68.7 Å². The van der Waals surface area contributed by atoms with Crippen LogP contribution in [-0.2, 0) is 5.41 Å². The first-order valence-electron chi connectivity index (χ1n) is 20.5. The monoisotopic (exact) mass is 736 g/mol. The van der Waals surface area contributed by atoms with E-state index in [0.29, 0.717) is 16.4 Å². The minimum atomic E-state index is -0.132. The highest BCUT2D eigenvalue weighted by atomic mass is 16.1. The van der Waals surface area contributed by atoms with E-state index < -0.39 is 0 Å². The number of unbranched alkanes of at least 4 members (excludes halogenated alkanes) is 2. The first-order valence-corrected chi connectivity index (χ1v) is 20.5. The molecule has 1 aliphatic carbocycles. The van der Waals surface area contributed by atoms with Crippen molar-refractivity contribution >= 4 is 59.8 Å². The van der Waals surface area contributed by atoms with Gasteiger partial charge in [0.15, 0.2) is 0 Å². The molecule has 56 heavy (non-hydrogen) atoms. The Kier molecular flexibility index (Phi) is 7.74. The lowest BCUT2D eigenvalue weighted by Crippen LogP contribution is -2.35. The van der Waals surface area contributed by atoms with Crippen LogP contribution in [0.5, 0.6) is 0 Å². The van der Waals surface area contributed by atoms with E-state index >= 15 is 0 Å². The second-order valence-electron chi connectivity index (χ2n) is 17.6. The van der Waals surface area contributed by atoms with Crippen molar-refractivity contribution in [3.05, 3.63) is 134 Å². The van der Waals surface area contributed by atoms with E-state index in [0.717, 1.165) is 79.2 Å². The number of benzene rings is 5. The maximum Gasteiger partial charge on any atom is 0.264 e. The predicted octanol–water partition coefficient (Wildman–Crippen LogP) is 11.2. The van der Waals surface area contributed by atoms with Gasteiger partial charge in [-0.2, -0.15) is 0 Å². The lowest BCUT2D eigenvalue weighted by Gasteiger charge is -2.30. The van der Waals surface area contributed by atoms with Gasteiger partial charge in [-0.15, -0.1) is 0 Å². The summed E-state index contributed by atoms with van der Waals surface area (Å²) in [4.78, 5) is 39.3. The molecule has 2 unspecified atom stereocenters. The zero-order valence-electron chi connectivity index (χ0n) is 33.2. The summed E-state index contributed by atoms with van der Waals surface area (Å²) in [6.45, 7) is 13.7. The number of fused-ring (bicyclic) bond motifs is 8. The second-order valence-corrected chi connectivity index (χ2v) is 17.6. The minimum absolute atomic E-state index is 0.00320. The summed E-state index contributed by atoms with van der Waals surface area (Å²) < 4.78 is 3.72. The molecule has 280 valence electrons. The zero-order valence-corrected chi connectivity index (χ0v) is 33.2. The first kappa shape index (κ1) is 34.8. The van der Waals surface area contributed by atoms with E-state index in [9.17, 15) is 9.59 Å². The molecule has 5 aromatic carbocycles. The Morgan fingerprint density at radius 2 is 1.30 bits per heavy atom. The van der Waals surface area contributed by atoms with Gasteiger partial charge in [0, 0.05) is 32.3 Å². The van der Waals surface area contributed by atoms with Gasteiger partial charge < -0.3 is 0 Å². The Hall–Kier alpha value is -5.62. The summed E-state index contributed by atoms with van der Waals surface area (Å²) in [6, 6.07) is 26.9. The summed E-state index contributed by atoms with van der Waals surface area (Å²) in [7, 11) is 0. The van der Waals surface area contributed by atoms with Crippen molar-refractivity contribution in [2.24, 2.45) is 10.4 Å². The lowest BCUT2D eigenvalue weighted by molar-refractivity contribution is 0.393. The van der Waals surface area contributed by atoms with Crippen molar-refractivity contribution in [1.29, 1.82) is 0 Å².